The number of hydrogen-bond donors (Lipinski definition) is 2. The first-order chi connectivity index (χ1) is 8.29. The van der Waals surface area contributed by atoms with Crippen molar-refractivity contribution in [2.45, 2.75) is 45.2 Å². The van der Waals surface area contributed by atoms with Crippen LogP contribution in [0.5, 0.6) is 0 Å². The molecular formula is C13H20N2O2S. The van der Waals surface area contributed by atoms with E-state index in [1.807, 2.05) is 6.07 Å². The second kappa shape index (κ2) is 4.64. The molecule has 0 amide bonds. The maximum absolute atomic E-state index is 11.9. The van der Waals surface area contributed by atoms with Crippen LogP contribution in [0.1, 0.15) is 37.5 Å². The van der Waals surface area contributed by atoms with E-state index in [0.29, 0.717) is 6.54 Å². The predicted octanol–water partition coefficient (Wildman–Crippen LogP) is 1.51. The molecule has 1 heterocycles. The van der Waals surface area contributed by atoms with Crippen molar-refractivity contribution >= 4 is 10.0 Å². The van der Waals surface area contributed by atoms with Gasteiger partial charge in [-0.25, -0.2) is 13.1 Å². The predicted molar refractivity (Wildman–Crippen MR) is 72.5 cm³/mol. The monoisotopic (exact) mass is 268 g/mol. The van der Waals surface area contributed by atoms with E-state index in [-0.39, 0.29) is 0 Å². The Hall–Kier alpha value is -0.910. The van der Waals surface area contributed by atoms with Crippen molar-refractivity contribution in [3.05, 3.63) is 34.9 Å². The lowest BCUT2D eigenvalue weighted by Crippen LogP contribution is -2.38. The van der Waals surface area contributed by atoms with Gasteiger partial charge in [-0.3, -0.25) is 0 Å². The molecule has 0 aliphatic carbocycles. The number of rotatable bonds is 3. The number of sulfonamides is 1. The molecular weight excluding hydrogens is 248 g/mol. The van der Waals surface area contributed by atoms with Gasteiger partial charge in [0.25, 0.3) is 0 Å². The minimum absolute atomic E-state index is 0.354. The van der Waals surface area contributed by atoms with E-state index >= 15 is 0 Å². The zero-order chi connectivity index (χ0) is 13.4. The maximum Gasteiger partial charge on any atom is 0.216 e. The van der Waals surface area contributed by atoms with Crippen molar-refractivity contribution in [3.63, 3.8) is 0 Å². The lowest BCUT2D eigenvalue weighted by Gasteiger charge is -2.19. The Morgan fingerprint density at radius 1 is 1.22 bits per heavy atom. The first kappa shape index (κ1) is 13.5. The maximum atomic E-state index is 11.9. The van der Waals surface area contributed by atoms with Gasteiger partial charge in [-0.15, -0.1) is 0 Å². The SMILES string of the molecule is CC(C)(C)S(=O)(=O)NCc1ccc2c(c1)CNC2. The van der Waals surface area contributed by atoms with Crippen molar-refractivity contribution < 1.29 is 8.42 Å². The van der Waals surface area contributed by atoms with Gasteiger partial charge in [0.2, 0.25) is 10.0 Å². The van der Waals surface area contributed by atoms with Crippen LogP contribution >= 0.6 is 0 Å². The Morgan fingerprint density at radius 3 is 2.56 bits per heavy atom. The van der Waals surface area contributed by atoms with Gasteiger partial charge in [0.05, 0.1) is 4.75 Å². The van der Waals surface area contributed by atoms with Crippen molar-refractivity contribution in [1.29, 1.82) is 0 Å². The molecule has 0 fully saturated rings. The van der Waals surface area contributed by atoms with Gasteiger partial charge in [0.15, 0.2) is 0 Å². The average Bonchev–Trinajstić information content (AvgIpc) is 2.71. The van der Waals surface area contributed by atoms with Gasteiger partial charge in [-0.05, 0) is 37.5 Å². The van der Waals surface area contributed by atoms with Crippen molar-refractivity contribution in [2.24, 2.45) is 0 Å². The Morgan fingerprint density at radius 2 is 1.89 bits per heavy atom. The van der Waals surface area contributed by atoms with E-state index in [4.69, 9.17) is 0 Å². The van der Waals surface area contributed by atoms with Gasteiger partial charge in [0, 0.05) is 19.6 Å². The first-order valence-corrected chi connectivity index (χ1v) is 7.58. The molecule has 1 aliphatic heterocycles. The molecule has 1 aromatic rings. The number of hydrogen-bond acceptors (Lipinski definition) is 3. The lowest BCUT2D eigenvalue weighted by atomic mass is 10.1. The molecule has 18 heavy (non-hydrogen) atoms. The Labute approximate surface area is 109 Å². The standard InChI is InChI=1S/C13H20N2O2S/c1-13(2,3)18(16,17)15-7-10-4-5-11-8-14-9-12(11)6-10/h4-6,14-15H,7-9H2,1-3H3. The van der Waals surface area contributed by atoms with Gasteiger partial charge in [-0.1, -0.05) is 18.2 Å². The summed E-state index contributed by atoms with van der Waals surface area (Å²) in [5, 5.41) is 3.27. The third kappa shape index (κ3) is 2.74. The Bertz CT molecular complexity index is 545. The summed E-state index contributed by atoms with van der Waals surface area (Å²) in [6, 6.07) is 6.12. The number of nitrogens with one attached hydrogen (secondary N) is 2. The molecule has 0 aromatic heterocycles. The largest absolute Gasteiger partial charge is 0.309 e. The molecule has 1 aliphatic rings. The first-order valence-electron chi connectivity index (χ1n) is 6.10. The van der Waals surface area contributed by atoms with Crippen molar-refractivity contribution in [2.75, 3.05) is 0 Å². The molecule has 0 radical (unpaired) electrons. The summed E-state index contributed by atoms with van der Waals surface area (Å²) in [4.78, 5) is 0. The van der Waals surface area contributed by atoms with E-state index in [1.165, 1.54) is 11.1 Å². The van der Waals surface area contributed by atoms with E-state index in [1.54, 1.807) is 20.8 Å². The second-order valence-electron chi connectivity index (χ2n) is 5.64. The van der Waals surface area contributed by atoms with Crippen LogP contribution in [0.25, 0.3) is 0 Å². The molecule has 0 spiro atoms. The third-order valence-electron chi connectivity index (χ3n) is 3.17. The summed E-state index contributed by atoms with van der Waals surface area (Å²) in [7, 11) is -3.28. The fourth-order valence-electron chi connectivity index (χ4n) is 1.85. The van der Waals surface area contributed by atoms with Gasteiger partial charge in [0.1, 0.15) is 0 Å². The summed E-state index contributed by atoms with van der Waals surface area (Å²) in [6.07, 6.45) is 0. The lowest BCUT2D eigenvalue weighted by molar-refractivity contribution is 0.544. The van der Waals surface area contributed by atoms with E-state index in [2.05, 4.69) is 22.2 Å². The molecule has 0 saturated carbocycles. The molecule has 0 atom stereocenters. The molecule has 0 unspecified atom stereocenters. The fraction of sp³-hybridized carbons (Fsp3) is 0.538. The van der Waals surface area contributed by atoms with Gasteiger partial charge in [-0.2, -0.15) is 0 Å². The topological polar surface area (TPSA) is 58.2 Å². The van der Waals surface area contributed by atoms with E-state index in [9.17, 15) is 8.42 Å². The molecule has 2 rings (SSSR count). The van der Waals surface area contributed by atoms with Gasteiger partial charge >= 0.3 is 0 Å². The molecule has 5 heteroatoms. The highest BCUT2D eigenvalue weighted by Gasteiger charge is 2.28. The Balaban J connectivity index is 2.08. The molecule has 0 bridgehead atoms. The smallest absolute Gasteiger partial charge is 0.216 e. The molecule has 2 N–H and O–H groups in total. The van der Waals surface area contributed by atoms with Crippen LogP contribution in [-0.2, 0) is 29.7 Å². The minimum atomic E-state index is -3.28. The molecule has 4 nitrogen and oxygen atoms in total. The molecule has 100 valence electrons. The highest BCUT2D eigenvalue weighted by atomic mass is 32.2. The summed E-state index contributed by atoms with van der Waals surface area (Å²) in [6.45, 7) is 7.22. The van der Waals surface area contributed by atoms with E-state index in [0.717, 1.165) is 18.7 Å². The normalized spacial score (nSPS) is 15.7. The Kier molecular flexibility index (Phi) is 3.49. The van der Waals surface area contributed by atoms with Gasteiger partial charge < -0.3 is 5.32 Å². The van der Waals surface area contributed by atoms with Crippen molar-refractivity contribution in [3.8, 4) is 0 Å². The highest BCUT2D eigenvalue weighted by molar-refractivity contribution is 7.90. The zero-order valence-corrected chi connectivity index (χ0v) is 11.9. The van der Waals surface area contributed by atoms with Crippen LogP contribution in [-0.4, -0.2) is 13.2 Å². The highest BCUT2D eigenvalue weighted by Crippen LogP contribution is 2.18. The van der Waals surface area contributed by atoms with Crippen molar-refractivity contribution in [1.82, 2.24) is 10.0 Å². The molecule has 1 aromatic carbocycles. The molecule has 0 saturated heterocycles. The quantitative estimate of drug-likeness (QED) is 0.873. The summed E-state index contributed by atoms with van der Waals surface area (Å²) >= 11 is 0. The average molecular weight is 268 g/mol. The van der Waals surface area contributed by atoms with Crippen LogP contribution < -0.4 is 10.0 Å². The third-order valence-corrected chi connectivity index (χ3v) is 5.31. The number of benzene rings is 1. The zero-order valence-electron chi connectivity index (χ0n) is 11.1. The van der Waals surface area contributed by atoms with Crippen LogP contribution in [0, 0.1) is 0 Å². The van der Waals surface area contributed by atoms with Crippen LogP contribution in [0.4, 0.5) is 0 Å². The fourth-order valence-corrected chi connectivity index (χ4v) is 2.64. The second-order valence-corrected chi connectivity index (χ2v) is 8.16. The number of fused-ring (bicyclic) bond motifs is 1. The van der Waals surface area contributed by atoms with Crippen LogP contribution in [0.15, 0.2) is 18.2 Å². The van der Waals surface area contributed by atoms with E-state index < -0.39 is 14.8 Å². The van der Waals surface area contributed by atoms with Crippen LogP contribution in [0.2, 0.25) is 0 Å². The summed E-state index contributed by atoms with van der Waals surface area (Å²) in [5.74, 6) is 0. The summed E-state index contributed by atoms with van der Waals surface area (Å²) in [5.41, 5.74) is 3.57. The minimum Gasteiger partial charge on any atom is -0.309 e. The van der Waals surface area contributed by atoms with Crippen LogP contribution in [0.3, 0.4) is 0 Å². The summed E-state index contributed by atoms with van der Waals surface area (Å²) < 4.78 is 25.8.